The summed E-state index contributed by atoms with van der Waals surface area (Å²) in [4.78, 5) is 19.1. The lowest BCUT2D eigenvalue weighted by Crippen LogP contribution is -2.57. The number of carbonyl (C=O) groups excluding carboxylic acids is 1. The third-order valence-corrected chi connectivity index (χ3v) is 6.13. The normalized spacial score (nSPS) is 20.0. The number of anilines is 2. The molecular weight excluding hydrogens is 454 g/mol. The van der Waals surface area contributed by atoms with Crippen LogP contribution in [-0.4, -0.2) is 16.7 Å². The molecule has 9 heteroatoms. The SMILES string of the molecule is O=C1Nc2ccccc2C12CC(c1ccc(F)cc1)=NC(=S)N2c1ccccc1C(F)(F)F. The third-order valence-electron chi connectivity index (χ3n) is 5.85. The number of benzene rings is 3. The number of amides is 1. The largest absolute Gasteiger partial charge is 0.418 e. The lowest BCUT2D eigenvalue weighted by atomic mass is 9.81. The quantitative estimate of drug-likeness (QED) is 0.388. The summed E-state index contributed by atoms with van der Waals surface area (Å²) in [6, 6.07) is 17.3. The Bertz CT molecular complexity index is 1320. The van der Waals surface area contributed by atoms with Gasteiger partial charge in [0.05, 0.1) is 17.0 Å². The highest BCUT2D eigenvalue weighted by molar-refractivity contribution is 7.80. The average molecular weight is 469 g/mol. The number of alkyl halides is 3. The zero-order valence-electron chi connectivity index (χ0n) is 16.9. The number of nitrogens with one attached hydrogen (secondary N) is 1. The molecule has 0 bridgehead atoms. The second-order valence-electron chi connectivity index (χ2n) is 7.74. The molecule has 2 heterocycles. The van der Waals surface area contributed by atoms with Crippen LogP contribution < -0.4 is 10.2 Å². The zero-order chi connectivity index (χ0) is 23.4. The number of hydrogen-bond donors (Lipinski definition) is 1. The number of thiocarbonyl (C=S) groups is 1. The van der Waals surface area contributed by atoms with Crippen molar-refractivity contribution >= 4 is 40.3 Å². The number of carbonyl (C=O) groups is 1. The summed E-state index contributed by atoms with van der Waals surface area (Å²) < 4.78 is 55.3. The van der Waals surface area contributed by atoms with Crippen LogP contribution >= 0.6 is 12.2 Å². The Morgan fingerprint density at radius 2 is 1.64 bits per heavy atom. The maximum atomic E-state index is 13.9. The molecular formula is C24H15F4N3OS. The molecule has 5 rings (SSSR count). The first kappa shape index (κ1) is 21.3. The zero-order valence-corrected chi connectivity index (χ0v) is 17.7. The summed E-state index contributed by atoms with van der Waals surface area (Å²) in [6.45, 7) is 0. The monoisotopic (exact) mass is 469 g/mol. The van der Waals surface area contributed by atoms with Gasteiger partial charge in [-0.15, -0.1) is 0 Å². The molecule has 1 atom stereocenters. The smallest absolute Gasteiger partial charge is 0.323 e. The van der Waals surface area contributed by atoms with Crippen LogP contribution in [0.4, 0.5) is 28.9 Å². The standard InChI is InChI=1S/C24H15F4N3OS/c25-15-11-9-14(10-12-15)19-13-23(16-5-1-3-7-18(16)29-21(23)32)31(22(33)30-19)20-8-4-2-6-17(20)24(26,27)28/h1-12H,13H2,(H,29,32). The van der Waals surface area contributed by atoms with Crippen LogP contribution in [0.2, 0.25) is 0 Å². The van der Waals surface area contributed by atoms with Crippen molar-refractivity contribution in [2.45, 2.75) is 18.1 Å². The summed E-state index contributed by atoms with van der Waals surface area (Å²) in [5.41, 5.74) is -0.899. The predicted octanol–water partition coefficient (Wildman–Crippen LogP) is 5.68. The van der Waals surface area contributed by atoms with Gasteiger partial charge in [-0.25, -0.2) is 9.38 Å². The minimum atomic E-state index is -4.68. The maximum absolute atomic E-state index is 13.9. The van der Waals surface area contributed by atoms with E-state index >= 15 is 0 Å². The molecule has 0 fully saturated rings. The molecule has 0 aromatic heterocycles. The molecule has 3 aromatic rings. The Morgan fingerprint density at radius 1 is 0.970 bits per heavy atom. The van der Waals surface area contributed by atoms with Gasteiger partial charge in [0.15, 0.2) is 5.54 Å². The third kappa shape index (κ3) is 3.31. The first-order chi connectivity index (χ1) is 15.7. The van der Waals surface area contributed by atoms with Gasteiger partial charge >= 0.3 is 6.18 Å². The maximum Gasteiger partial charge on any atom is 0.418 e. The second-order valence-corrected chi connectivity index (χ2v) is 8.10. The van der Waals surface area contributed by atoms with Gasteiger partial charge in [-0.3, -0.25) is 9.69 Å². The molecule has 1 unspecified atom stereocenters. The Labute approximate surface area is 191 Å². The fraction of sp³-hybridized carbons (Fsp3) is 0.125. The fourth-order valence-corrected chi connectivity index (χ4v) is 4.78. The van der Waals surface area contributed by atoms with Crippen molar-refractivity contribution in [1.29, 1.82) is 0 Å². The van der Waals surface area contributed by atoms with Gasteiger partial charge < -0.3 is 5.32 Å². The van der Waals surface area contributed by atoms with Crippen LogP contribution in [0.15, 0.2) is 77.8 Å². The molecule has 166 valence electrons. The van der Waals surface area contributed by atoms with Crippen LogP contribution in [0.5, 0.6) is 0 Å². The summed E-state index contributed by atoms with van der Waals surface area (Å²) in [5.74, 6) is -0.963. The van der Waals surface area contributed by atoms with Crippen molar-refractivity contribution in [1.82, 2.24) is 0 Å². The number of rotatable bonds is 2. The first-order valence-electron chi connectivity index (χ1n) is 9.97. The Hall–Kier alpha value is -3.59. The van der Waals surface area contributed by atoms with E-state index in [1.807, 2.05) is 0 Å². The Kier molecular flexibility index (Phi) is 4.82. The average Bonchev–Trinajstić information content (AvgIpc) is 3.05. The van der Waals surface area contributed by atoms with Gasteiger partial charge in [-0.05, 0) is 48.1 Å². The molecule has 1 amide bonds. The number of hydrogen-bond acceptors (Lipinski definition) is 2. The van der Waals surface area contributed by atoms with Crippen molar-refractivity contribution < 1.29 is 22.4 Å². The van der Waals surface area contributed by atoms with E-state index in [0.717, 1.165) is 6.07 Å². The minimum Gasteiger partial charge on any atom is -0.323 e. The fourth-order valence-electron chi connectivity index (χ4n) is 4.41. The van der Waals surface area contributed by atoms with Crippen molar-refractivity contribution in [3.63, 3.8) is 0 Å². The van der Waals surface area contributed by atoms with Crippen molar-refractivity contribution in [2.75, 3.05) is 10.2 Å². The summed E-state index contributed by atoms with van der Waals surface area (Å²) >= 11 is 5.50. The van der Waals surface area contributed by atoms with E-state index in [-0.39, 0.29) is 17.2 Å². The van der Waals surface area contributed by atoms with Gasteiger partial charge in [-0.2, -0.15) is 13.2 Å². The van der Waals surface area contributed by atoms with E-state index in [1.54, 1.807) is 24.3 Å². The van der Waals surface area contributed by atoms with E-state index in [4.69, 9.17) is 12.2 Å². The van der Waals surface area contributed by atoms with Gasteiger partial charge in [0.25, 0.3) is 5.91 Å². The molecule has 3 aromatic carbocycles. The van der Waals surface area contributed by atoms with Gasteiger partial charge in [0.1, 0.15) is 5.82 Å². The van der Waals surface area contributed by atoms with E-state index in [1.165, 1.54) is 47.4 Å². The van der Waals surface area contributed by atoms with Crippen LogP contribution in [0.1, 0.15) is 23.1 Å². The van der Waals surface area contributed by atoms with Gasteiger partial charge in [-0.1, -0.05) is 42.5 Å². The highest BCUT2D eigenvalue weighted by atomic mass is 32.1. The molecule has 33 heavy (non-hydrogen) atoms. The predicted molar refractivity (Wildman–Crippen MR) is 121 cm³/mol. The molecule has 2 aliphatic heterocycles. The number of fused-ring (bicyclic) bond motifs is 2. The lowest BCUT2D eigenvalue weighted by Gasteiger charge is -2.44. The van der Waals surface area contributed by atoms with Crippen molar-refractivity contribution in [2.24, 2.45) is 4.99 Å². The Balaban J connectivity index is 1.78. The van der Waals surface area contributed by atoms with Crippen LogP contribution in [0.3, 0.4) is 0 Å². The summed E-state index contributed by atoms with van der Waals surface area (Å²) in [5, 5.41) is 2.59. The minimum absolute atomic E-state index is 0.0617. The van der Waals surface area contributed by atoms with E-state index in [9.17, 15) is 22.4 Å². The topological polar surface area (TPSA) is 44.7 Å². The number of nitrogens with zero attached hydrogens (tertiary/aromatic N) is 2. The van der Waals surface area contributed by atoms with Crippen molar-refractivity contribution in [3.8, 4) is 0 Å². The van der Waals surface area contributed by atoms with Crippen LogP contribution in [-0.2, 0) is 16.5 Å². The first-order valence-corrected chi connectivity index (χ1v) is 10.4. The Morgan fingerprint density at radius 3 is 2.36 bits per heavy atom. The van der Waals surface area contributed by atoms with Crippen LogP contribution in [0, 0.1) is 5.82 Å². The summed E-state index contributed by atoms with van der Waals surface area (Å²) in [6.07, 6.45) is -4.74. The summed E-state index contributed by atoms with van der Waals surface area (Å²) in [7, 11) is 0. The highest BCUT2D eigenvalue weighted by Crippen LogP contribution is 2.50. The second kappa shape index (κ2) is 7.48. The highest BCUT2D eigenvalue weighted by Gasteiger charge is 2.56. The van der Waals surface area contributed by atoms with E-state index in [2.05, 4.69) is 10.3 Å². The molecule has 0 aliphatic carbocycles. The van der Waals surface area contributed by atoms with Crippen molar-refractivity contribution in [3.05, 3.63) is 95.3 Å². The van der Waals surface area contributed by atoms with E-state index in [0.29, 0.717) is 22.5 Å². The molecule has 0 saturated carbocycles. The molecule has 4 nitrogen and oxygen atoms in total. The lowest BCUT2D eigenvalue weighted by molar-refractivity contribution is -0.137. The number of halogens is 4. The molecule has 1 spiro atoms. The number of aliphatic imine (C=N–C) groups is 1. The van der Waals surface area contributed by atoms with E-state index < -0.39 is 29.0 Å². The molecule has 2 aliphatic rings. The van der Waals surface area contributed by atoms with Gasteiger partial charge in [0.2, 0.25) is 5.11 Å². The molecule has 1 N–H and O–H groups in total. The number of para-hydroxylation sites is 2. The molecule has 0 saturated heterocycles. The molecule has 0 radical (unpaired) electrons. The van der Waals surface area contributed by atoms with Gasteiger partial charge in [0, 0.05) is 17.7 Å². The van der Waals surface area contributed by atoms with Crippen LogP contribution in [0.25, 0.3) is 0 Å².